The first-order valence-electron chi connectivity index (χ1n) is 6.15. The third-order valence-corrected chi connectivity index (χ3v) is 3.22. The van der Waals surface area contributed by atoms with E-state index in [-0.39, 0.29) is 5.91 Å². The van der Waals surface area contributed by atoms with Gasteiger partial charge in [0.05, 0.1) is 0 Å². The normalized spacial score (nSPS) is 20.5. The molecule has 0 aliphatic carbocycles. The van der Waals surface area contributed by atoms with Crippen LogP contribution < -0.4 is 0 Å². The van der Waals surface area contributed by atoms with Crippen molar-refractivity contribution in [1.29, 1.82) is 0 Å². The Labute approximate surface area is 105 Å². The summed E-state index contributed by atoms with van der Waals surface area (Å²) in [7, 11) is 0. The molecule has 1 aliphatic heterocycles. The third kappa shape index (κ3) is 2.52. The summed E-state index contributed by atoms with van der Waals surface area (Å²) in [5.41, 5.74) is 1.08. The van der Waals surface area contributed by atoms with Crippen LogP contribution in [-0.2, 0) is 4.79 Å². The average molecular weight is 251 g/mol. The molecule has 6 heteroatoms. The van der Waals surface area contributed by atoms with E-state index in [1.54, 1.807) is 13.0 Å². The molecule has 1 aromatic heterocycles. The predicted octanol–water partition coefficient (Wildman–Crippen LogP) is 1.19. The molecule has 0 aromatic carbocycles. The van der Waals surface area contributed by atoms with Gasteiger partial charge in [-0.15, -0.1) is 0 Å². The fourth-order valence-electron chi connectivity index (χ4n) is 2.28. The van der Waals surface area contributed by atoms with Crippen molar-refractivity contribution in [3.63, 3.8) is 0 Å². The lowest BCUT2D eigenvalue weighted by Crippen LogP contribution is -2.44. The van der Waals surface area contributed by atoms with Gasteiger partial charge in [-0.1, -0.05) is 12.8 Å². The number of likely N-dealkylation sites (tertiary alicyclic amines) is 1. The highest BCUT2D eigenvalue weighted by molar-refractivity contribution is 5.95. The van der Waals surface area contributed by atoms with E-state index in [2.05, 4.69) is 10.2 Å². The van der Waals surface area contributed by atoms with Crippen molar-refractivity contribution in [1.82, 2.24) is 15.1 Å². The average Bonchev–Trinajstić information content (AvgIpc) is 2.63. The highest BCUT2D eigenvalue weighted by atomic mass is 16.4. The van der Waals surface area contributed by atoms with Crippen LogP contribution in [0.1, 0.15) is 41.9 Å². The minimum atomic E-state index is -0.933. The van der Waals surface area contributed by atoms with Crippen molar-refractivity contribution in [3.05, 3.63) is 17.5 Å². The molecule has 2 rings (SSSR count). The smallest absolute Gasteiger partial charge is 0.326 e. The van der Waals surface area contributed by atoms with Gasteiger partial charge in [0.1, 0.15) is 11.7 Å². The van der Waals surface area contributed by atoms with Crippen molar-refractivity contribution in [3.8, 4) is 0 Å². The van der Waals surface area contributed by atoms with E-state index in [9.17, 15) is 14.7 Å². The summed E-state index contributed by atoms with van der Waals surface area (Å²) in [6.07, 6.45) is 3.18. The van der Waals surface area contributed by atoms with Crippen LogP contribution in [-0.4, -0.2) is 44.7 Å². The number of amides is 1. The maximum atomic E-state index is 12.3. The zero-order valence-electron chi connectivity index (χ0n) is 10.3. The molecule has 1 aromatic rings. The number of hydrogen-bond donors (Lipinski definition) is 2. The Bertz CT molecular complexity index is 455. The van der Waals surface area contributed by atoms with Crippen LogP contribution in [0, 0.1) is 6.92 Å². The van der Waals surface area contributed by atoms with E-state index in [1.807, 2.05) is 0 Å². The molecule has 2 N–H and O–H groups in total. The van der Waals surface area contributed by atoms with Crippen LogP contribution in [0.5, 0.6) is 0 Å². The molecule has 1 fully saturated rings. The number of carboxylic acids is 1. The minimum Gasteiger partial charge on any atom is -0.480 e. The molecule has 18 heavy (non-hydrogen) atoms. The lowest BCUT2D eigenvalue weighted by molar-refractivity contribution is -0.142. The number of carboxylic acid groups (broad SMARTS) is 1. The summed E-state index contributed by atoms with van der Waals surface area (Å²) in [6.45, 7) is 2.29. The molecule has 1 amide bonds. The van der Waals surface area contributed by atoms with Crippen LogP contribution in [0.15, 0.2) is 6.07 Å². The van der Waals surface area contributed by atoms with E-state index in [1.165, 1.54) is 4.90 Å². The summed E-state index contributed by atoms with van der Waals surface area (Å²) in [5, 5.41) is 15.8. The molecule has 2 heterocycles. The highest BCUT2D eigenvalue weighted by Crippen LogP contribution is 2.19. The summed E-state index contributed by atoms with van der Waals surface area (Å²) in [6, 6.07) is 0.920. The van der Waals surface area contributed by atoms with E-state index in [4.69, 9.17) is 0 Å². The number of rotatable bonds is 2. The number of carbonyl (C=O) groups is 2. The van der Waals surface area contributed by atoms with Gasteiger partial charge in [-0.05, 0) is 25.8 Å². The lowest BCUT2D eigenvalue weighted by Gasteiger charge is -2.26. The fourth-order valence-corrected chi connectivity index (χ4v) is 2.28. The molecule has 1 aliphatic rings. The SMILES string of the molecule is Cc1cc(C(=O)N2CCCCCC2C(=O)O)n[nH]1. The second-order valence-electron chi connectivity index (χ2n) is 4.64. The number of H-pyrrole nitrogens is 1. The molecular formula is C12H17N3O3. The molecule has 1 saturated heterocycles. The number of nitrogens with zero attached hydrogens (tertiary/aromatic N) is 2. The number of aromatic nitrogens is 2. The van der Waals surface area contributed by atoms with Gasteiger partial charge in [-0.3, -0.25) is 9.89 Å². The molecule has 0 saturated carbocycles. The van der Waals surface area contributed by atoms with Gasteiger partial charge in [-0.25, -0.2) is 4.79 Å². The zero-order valence-corrected chi connectivity index (χ0v) is 10.3. The maximum absolute atomic E-state index is 12.3. The van der Waals surface area contributed by atoms with Crippen molar-refractivity contribution in [2.75, 3.05) is 6.54 Å². The topological polar surface area (TPSA) is 86.3 Å². The fraction of sp³-hybridized carbons (Fsp3) is 0.583. The first-order chi connectivity index (χ1) is 8.59. The second kappa shape index (κ2) is 5.20. The molecule has 0 radical (unpaired) electrons. The van der Waals surface area contributed by atoms with Gasteiger partial charge in [-0.2, -0.15) is 5.10 Å². The quantitative estimate of drug-likeness (QED) is 0.826. The maximum Gasteiger partial charge on any atom is 0.326 e. The number of nitrogens with one attached hydrogen (secondary N) is 1. The van der Waals surface area contributed by atoms with Crippen molar-refractivity contribution in [2.45, 2.75) is 38.6 Å². The Morgan fingerprint density at radius 1 is 1.44 bits per heavy atom. The second-order valence-corrected chi connectivity index (χ2v) is 4.64. The largest absolute Gasteiger partial charge is 0.480 e. The Kier molecular flexibility index (Phi) is 3.64. The van der Waals surface area contributed by atoms with E-state index < -0.39 is 12.0 Å². The predicted molar refractivity (Wildman–Crippen MR) is 64.3 cm³/mol. The number of hydrogen-bond acceptors (Lipinski definition) is 3. The van der Waals surface area contributed by atoms with E-state index in [0.29, 0.717) is 18.7 Å². The van der Waals surface area contributed by atoms with E-state index in [0.717, 1.165) is 25.0 Å². The number of aromatic amines is 1. The number of aliphatic carboxylic acids is 1. The molecule has 98 valence electrons. The van der Waals surface area contributed by atoms with Crippen molar-refractivity contribution >= 4 is 11.9 Å². The van der Waals surface area contributed by atoms with Gasteiger partial charge in [0.15, 0.2) is 0 Å². The summed E-state index contributed by atoms with van der Waals surface area (Å²) >= 11 is 0. The van der Waals surface area contributed by atoms with Crippen LogP contribution in [0.25, 0.3) is 0 Å². The van der Waals surface area contributed by atoms with Crippen LogP contribution >= 0.6 is 0 Å². The Hall–Kier alpha value is -1.85. The molecule has 0 spiro atoms. The first kappa shape index (κ1) is 12.6. The van der Waals surface area contributed by atoms with Gasteiger partial charge in [0.25, 0.3) is 5.91 Å². The Balaban J connectivity index is 2.22. The van der Waals surface area contributed by atoms with Crippen molar-refractivity contribution < 1.29 is 14.7 Å². The molecule has 1 atom stereocenters. The summed E-state index contributed by atoms with van der Waals surface area (Å²) in [5.74, 6) is -1.23. The van der Waals surface area contributed by atoms with Crippen LogP contribution in [0.3, 0.4) is 0 Å². The van der Waals surface area contributed by atoms with Gasteiger partial charge in [0.2, 0.25) is 0 Å². The van der Waals surface area contributed by atoms with Crippen LogP contribution in [0.4, 0.5) is 0 Å². The minimum absolute atomic E-state index is 0.292. The Morgan fingerprint density at radius 3 is 2.83 bits per heavy atom. The zero-order chi connectivity index (χ0) is 13.1. The monoisotopic (exact) mass is 251 g/mol. The molecule has 0 bridgehead atoms. The standard InChI is InChI=1S/C12H17N3O3/c1-8-7-9(14-13-8)11(16)15-6-4-2-3-5-10(15)12(17)18/h7,10H,2-6H2,1H3,(H,13,14)(H,17,18). The lowest BCUT2D eigenvalue weighted by atomic mass is 10.1. The molecule has 1 unspecified atom stereocenters. The molecule has 6 nitrogen and oxygen atoms in total. The van der Waals surface area contributed by atoms with Crippen LogP contribution in [0.2, 0.25) is 0 Å². The molecular weight excluding hydrogens is 234 g/mol. The first-order valence-corrected chi connectivity index (χ1v) is 6.15. The number of carbonyl (C=O) groups excluding carboxylic acids is 1. The Morgan fingerprint density at radius 2 is 2.22 bits per heavy atom. The summed E-state index contributed by atoms with van der Waals surface area (Å²) in [4.78, 5) is 24.9. The highest BCUT2D eigenvalue weighted by Gasteiger charge is 2.32. The van der Waals surface area contributed by atoms with E-state index >= 15 is 0 Å². The van der Waals surface area contributed by atoms with Crippen molar-refractivity contribution in [2.24, 2.45) is 0 Å². The number of aryl methyl sites for hydroxylation is 1. The van der Waals surface area contributed by atoms with Gasteiger partial charge < -0.3 is 10.0 Å². The van der Waals surface area contributed by atoms with Gasteiger partial charge in [0, 0.05) is 12.2 Å². The van der Waals surface area contributed by atoms with Gasteiger partial charge >= 0.3 is 5.97 Å². The third-order valence-electron chi connectivity index (χ3n) is 3.22. The summed E-state index contributed by atoms with van der Waals surface area (Å²) < 4.78 is 0.